The van der Waals surface area contributed by atoms with Gasteiger partial charge in [-0.05, 0) is 6.92 Å². The van der Waals surface area contributed by atoms with E-state index in [-0.39, 0.29) is 0 Å². The van der Waals surface area contributed by atoms with Crippen LogP contribution in [0.25, 0.3) is 0 Å². The summed E-state index contributed by atoms with van der Waals surface area (Å²) in [6, 6.07) is 0. The largest absolute Gasteiger partial charge is 0.480 e. The molecule has 0 saturated heterocycles. The maximum Gasteiger partial charge on any atom is 0.316 e. The lowest BCUT2D eigenvalue weighted by atomic mass is 10.5. The zero-order valence-electron chi connectivity index (χ0n) is 5.37. The molecule has 0 aromatic carbocycles. The first-order valence-electron chi connectivity index (χ1n) is 2.47. The molecular weight excluding hydrogens is 138 g/mol. The molecule has 0 aromatic heterocycles. The van der Waals surface area contributed by atoms with Crippen LogP contribution in [-0.2, 0) is 4.79 Å². The molecule has 0 aliphatic carbocycles. The molecule has 9 heavy (non-hydrogen) atoms. The number of thioether (sulfide) groups is 1. The first-order chi connectivity index (χ1) is 4.18. The third-order valence-corrected chi connectivity index (χ3v) is 1.66. The average molecular weight is 147 g/mol. The van der Waals surface area contributed by atoms with Gasteiger partial charge in [0, 0.05) is 7.05 Å². The second-order valence-electron chi connectivity index (χ2n) is 1.48. The molecule has 0 aliphatic heterocycles. The van der Waals surface area contributed by atoms with Crippen molar-refractivity contribution in [3.8, 4) is 0 Å². The predicted octanol–water partition coefficient (Wildman–Crippen LogP) is 0.851. The summed E-state index contributed by atoms with van der Waals surface area (Å²) in [4.78, 5) is 13.8. The lowest BCUT2D eigenvalue weighted by molar-refractivity contribution is -0.136. The van der Waals surface area contributed by atoms with Crippen molar-refractivity contribution in [3.63, 3.8) is 0 Å². The highest BCUT2D eigenvalue weighted by Gasteiger charge is 2.08. The number of rotatable bonds is 3. The number of hydrogen-bond donors (Lipinski definition) is 1. The Morgan fingerprint density at radius 2 is 2.44 bits per heavy atom. The number of nitrogens with zero attached hydrogens (tertiary/aromatic N) is 1. The minimum Gasteiger partial charge on any atom is -0.480 e. The molecule has 0 saturated carbocycles. The van der Waals surface area contributed by atoms with E-state index in [1.807, 2.05) is 0 Å². The Hall–Kier alpha value is -0.510. The first-order valence-corrected chi connectivity index (χ1v) is 3.41. The van der Waals surface area contributed by atoms with Crippen LogP contribution in [0.5, 0.6) is 0 Å². The summed E-state index contributed by atoms with van der Waals surface area (Å²) in [6.07, 6.45) is 0. The molecule has 0 aromatic rings. The Labute approximate surface area is 58.2 Å². The van der Waals surface area contributed by atoms with Gasteiger partial charge < -0.3 is 5.11 Å². The molecule has 4 heteroatoms. The Morgan fingerprint density at radius 1 is 1.89 bits per heavy atom. The number of aliphatic carboxylic acids is 1. The van der Waals surface area contributed by atoms with Crippen molar-refractivity contribution in [2.45, 2.75) is 12.2 Å². The van der Waals surface area contributed by atoms with E-state index in [1.165, 1.54) is 17.3 Å². The molecule has 0 spiro atoms. The molecule has 0 fully saturated rings. The van der Waals surface area contributed by atoms with E-state index in [4.69, 9.17) is 5.11 Å². The van der Waals surface area contributed by atoms with Crippen molar-refractivity contribution in [3.05, 3.63) is 0 Å². The van der Waals surface area contributed by atoms with Gasteiger partial charge in [-0.15, -0.1) is 0 Å². The standard InChI is InChI=1S/C5H9NO2S/c1-4(5(7)8)9-3-6-2/h3-4H,1-2H3,(H,7,8)/b6-3-/t4-/m0/s1. The van der Waals surface area contributed by atoms with Crippen LogP contribution < -0.4 is 0 Å². The molecule has 52 valence electrons. The van der Waals surface area contributed by atoms with Crippen molar-refractivity contribution in [1.82, 2.24) is 0 Å². The molecule has 0 aliphatic rings. The third-order valence-electron chi connectivity index (χ3n) is 0.718. The summed E-state index contributed by atoms with van der Waals surface area (Å²) in [7, 11) is 1.61. The van der Waals surface area contributed by atoms with E-state index < -0.39 is 11.2 Å². The second kappa shape index (κ2) is 4.38. The van der Waals surface area contributed by atoms with Crippen LogP contribution >= 0.6 is 11.8 Å². The van der Waals surface area contributed by atoms with E-state index in [9.17, 15) is 4.79 Å². The third kappa shape index (κ3) is 4.02. The van der Waals surface area contributed by atoms with Gasteiger partial charge in [-0.25, -0.2) is 0 Å². The van der Waals surface area contributed by atoms with Crippen molar-refractivity contribution in [1.29, 1.82) is 0 Å². The van der Waals surface area contributed by atoms with Gasteiger partial charge in [0.15, 0.2) is 0 Å². The summed E-state index contributed by atoms with van der Waals surface area (Å²) < 4.78 is 0. The maximum atomic E-state index is 10.1. The minimum absolute atomic E-state index is 0.395. The van der Waals surface area contributed by atoms with Crippen molar-refractivity contribution < 1.29 is 9.90 Å². The summed E-state index contributed by atoms with van der Waals surface area (Å²) in [5.74, 6) is -0.806. The Morgan fingerprint density at radius 3 is 2.78 bits per heavy atom. The monoisotopic (exact) mass is 147 g/mol. The Kier molecular flexibility index (Phi) is 4.13. The molecule has 0 amide bonds. The highest BCUT2D eigenvalue weighted by molar-refractivity contribution is 8.13. The molecule has 0 heterocycles. The molecule has 0 unspecified atom stereocenters. The zero-order chi connectivity index (χ0) is 7.28. The average Bonchev–Trinajstić information content (AvgIpc) is 1.82. The molecule has 3 nitrogen and oxygen atoms in total. The Bertz CT molecular complexity index is 124. The maximum absolute atomic E-state index is 10.1. The van der Waals surface area contributed by atoms with Crippen LogP contribution in [0.1, 0.15) is 6.92 Å². The number of carboxylic acid groups (broad SMARTS) is 1. The van der Waals surface area contributed by atoms with E-state index in [1.54, 1.807) is 14.0 Å². The van der Waals surface area contributed by atoms with Crippen LogP contribution in [0.3, 0.4) is 0 Å². The van der Waals surface area contributed by atoms with Gasteiger partial charge in [-0.3, -0.25) is 9.79 Å². The fourth-order valence-electron chi connectivity index (χ4n) is 0.210. The van der Waals surface area contributed by atoms with E-state index in [0.717, 1.165) is 0 Å². The van der Waals surface area contributed by atoms with Gasteiger partial charge in [-0.1, -0.05) is 11.8 Å². The summed E-state index contributed by atoms with van der Waals surface area (Å²) in [5.41, 5.74) is 1.53. The highest BCUT2D eigenvalue weighted by Crippen LogP contribution is 2.05. The normalized spacial score (nSPS) is 14.0. The van der Waals surface area contributed by atoms with Crippen LogP contribution in [0, 0.1) is 0 Å². The van der Waals surface area contributed by atoms with E-state index in [2.05, 4.69) is 4.99 Å². The van der Waals surface area contributed by atoms with Crippen LogP contribution in [0.15, 0.2) is 4.99 Å². The van der Waals surface area contributed by atoms with Gasteiger partial charge in [0.2, 0.25) is 0 Å². The van der Waals surface area contributed by atoms with E-state index in [0.29, 0.717) is 0 Å². The highest BCUT2D eigenvalue weighted by atomic mass is 32.2. The smallest absolute Gasteiger partial charge is 0.316 e. The molecule has 1 atom stereocenters. The van der Waals surface area contributed by atoms with Crippen molar-refractivity contribution in [2.75, 3.05) is 7.05 Å². The predicted molar refractivity (Wildman–Crippen MR) is 39.1 cm³/mol. The molecule has 0 radical (unpaired) electrons. The molecule has 0 rings (SSSR count). The quantitative estimate of drug-likeness (QED) is 0.475. The van der Waals surface area contributed by atoms with Gasteiger partial charge in [-0.2, -0.15) is 0 Å². The zero-order valence-corrected chi connectivity index (χ0v) is 6.18. The topological polar surface area (TPSA) is 49.7 Å². The van der Waals surface area contributed by atoms with Crippen molar-refractivity contribution in [2.24, 2.45) is 4.99 Å². The molecule has 1 N–H and O–H groups in total. The number of carboxylic acids is 1. The van der Waals surface area contributed by atoms with Gasteiger partial charge in [0.1, 0.15) is 5.25 Å². The number of aliphatic imine (C=N–C) groups is 1. The number of carbonyl (C=O) groups is 1. The van der Waals surface area contributed by atoms with Gasteiger partial charge >= 0.3 is 5.97 Å². The molecule has 0 bridgehead atoms. The lowest BCUT2D eigenvalue weighted by Crippen LogP contribution is -2.10. The fraction of sp³-hybridized carbons (Fsp3) is 0.600. The first kappa shape index (κ1) is 8.49. The Balaban J connectivity index is 3.50. The SMILES string of the molecule is C/N=C\S[C@@H](C)C(=O)O. The summed E-state index contributed by atoms with van der Waals surface area (Å²) in [6.45, 7) is 1.62. The summed E-state index contributed by atoms with van der Waals surface area (Å²) in [5, 5.41) is 7.93. The minimum atomic E-state index is -0.806. The van der Waals surface area contributed by atoms with Crippen LogP contribution in [-0.4, -0.2) is 28.9 Å². The fourth-order valence-corrected chi connectivity index (χ4v) is 0.631. The molecular formula is C5H9NO2S. The van der Waals surface area contributed by atoms with E-state index >= 15 is 0 Å². The number of hydrogen-bond acceptors (Lipinski definition) is 3. The summed E-state index contributed by atoms with van der Waals surface area (Å²) >= 11 is 1.19. The van der Waals surface area contributed by atoms with Gasteiger partial charge in [0.25, 0.3) is 0 Å². The lowest BCUT2D eigenvalue weighted by Gasteiger charge is -1.97. The van der Waals surface area contributed by atoms with Crippen LogP contribution in [0.4, 0.5) is 0 Å². The van der Waals surface area contributed by atoms with Gasteiger partial charge in [0.05, 0.1) is 5.55 Å². The van der Waals surface area contributed by atoms with Crippen molar-refractivity contribution >= 4 is 23.3 Å². The van der Waals surface area contributed by atoms with Crippen LogP contribution in [0.2, 0.25) is 0 Å². The second-order valence-corrected chi connectivity index (χ2v) is 2.67.